The molecule has 1 aromatic heterocycles. The first-order chi connectivity index (χ1) is 11.7. The van der Waals surface area contributed by atoms with Gasteiger partial charge in [0, 0.05) is 42.5 Å². The van der Waals surface area contributed by atoms with Gasteiger partial charge >= 0.3 is 12.2 Å². The first-order valence-electron chi connectivity index (χ1n) is 8.30. The Hall–Kier alpha value is -2.12. The molecule has 1 aliphatic heterocycles. The number of nitrogens with one attached hydrogen (secondary N) is 1. The molecular weight excluding hydrogens is 333 g/mol. The Bertz CT molecular complexity index is 661. The third-order valence-corrected chi connectivity index (χ3v) is 4.96. The highest BCUT2D eigenvalue weighted by Gasteiger charge is 2.55. The van der Waals surface area contributed by atoms with Gasteiger partial charge < -0.3 is 10.2 Å². The lowest BCUT2D eigenvalue weighted by Gasteiger charge is -2.58. The summed E-state index contributed by atoms with van der Waals surface area (Å²) >= 11 is 0. The van der Waals surface area contributed by atoms with Gasteiger partial charge in [-0.05, 0) is 18.8 Å². The Balaban J connectivity index is 1.58. The third kappa shape index (κ3) is 3.34. The highest BCUT2D eigenvalue weighted by molar-refractivity contribution is 5.76. The number of likely N-dealkylation sites (tertiary alicyclic amines) is 1. The van der Waals surface area contributed by atoms with E-state index in [0.717, 1.165) is 25.2 Å². The van der Waals surface area contributed by atoms with Gasteiger partial charge in [-0.3, -0.25) is 0 Å². The Kier molecular flexibility index (Phi) is 4.47. The van der Waals surface area contributed by atoms with Gasteiger partial charge in [0.2, 0.25) is 5.82 Å². The fourth-order valence-corrected chi connectivity index (χ4v) is 3.98. The van der Waals surface area contributed by atoms with Gasteiger partial charge in [0.1, 0.15) is 0 Å². The van der Waals surface area contributed by atoms with Crippen LogP contribution in [-0.2, 0) is 12.7 Å². The van der Waals surface area contributed by atoms with Crippen molar-refractivity contribution in [3.63, 3.8) is 0 Å². The molecule has 5 nitrogen and oxygen atoms in total. The van der Waals surface area contributed by atoms with Gasteiger partial charge in [-0.2, -0.15) is 13.2 Å². The van der Waals surface area contributed by atoms with Crippen LogP contribution in [0, 0.1) is 11.3 Å². The highest BCUT2D eigenvalue weighted by atomic mass is 19.4. The van der Waals surface area contributed by atoms with E-state index in [9.17, 15) is 18.0 Å². The molecule has 0 aromatic carbocycles. The lowest BCUT2D eigenvalue weighted by atomic mass is 9.65. The number of aromatic nitrogens is 2. The van der Waals surface area contributed by atoms with E-state index in [1.54, 1.807) is 0 Å². The average Bonchev–Trinajstić information content (AvgIpc) is 3.01. The predicted molar refractivity (Wildman–Crippen MR) is 85.4 cm³/mol. The number of alkyl halides is 3. The molecule has 1 saturated heterocycles. The zero-order valence-electron chi connectivity index (χ0n) is 14.2. The van der Waals surface area contributed by atoms with E-state index in [2.05, 4.69) is 41.3 Å². The van der Waals surface area contributed by atoms with Crippen molar-refractivity contribution in [1.82, 2.24) is 20.2 Å². The van der Waals surface area contributed by atoms with Crippen LogP contribution >= 0.6 is 0 Å². The number of nitrogens with zero attached hydrogens (tertiary/aromatic N) is 3. The summed E-state index contributed by atoms with van der Waals surface area (Å²) in [6.45, 7) is 5.02. The van der Waals surface area contributed by atoms with Gasteiger partial charge in [-0.15, -0.1) is 0 Å². The minimum absolute atomic E-state index is 0.101. The SMILES string of the molecule is CC(C)C1N(C(=O)NCc2cnc(C(F)(F)F)nc2)CC12CC=CC2. The lowest BCUT2D eigenvalue weighted by molar-refractivity contribution is -0.145. The molecule has 1 fully saturated rings. The predicted octanol–water partition coefficient (Wildman–Crippen LogP) is 3.38. The smallest absolute Gasteiger partial charge is 0.334 e. The maximum absolute atomic E-state index is 12.5. The van der Waals surface area contributed by atoms with E-state index in [1.165, 1.54) is 0 Å². The molecule has 25 heavy (non-hydrogen) atoms. The van der Waals surface area contributed by atoms with Crippen molar-refractivity contribution in [2.75, 3.05) is 6.54 Å². The van der Waals surface area contributed by atoms with Gasteiger partial charge in [-0.25, -0.2) is 14.8 Å². The Morgan fingerprint density at radius 2 is 1.92 bits per heavy atom. The van der Waals surface area contributed by atoms with Crippen molar-refractivity contribution in [2.45, 2.75) is 45.5 Å². The number of carbonyl (C=O) groups is 1. The molecule has 1 atom stereocenters. The van der Waals surface area contributed by atoms with E-state index >= 15 is 0 Å². The average molecular weight is 354 g/mol. The number of halogens is 3. The maximum atomic E-state index is 12.5. The van der Waals surface area contributed by atoms with Crippen molar-refractivity contribution in [2.24, 2.45) is 11.3 Å². The topological polar surface area (TPSA) is 58.1 Å². The van der Waals surface area contributed by atoms with Crippen LogP contribution in [0.1, 0.15) is 38.1 Å². The van der Waals surface area contributed by atoms with Crippen molar-refractivity contribution >= 4 is 6.03 Å². The van der Waals surface area contributed by atoms with E-state index < -0.39 is 12.0 Å². The quantitative estimate of drug-likeness (QED) is 0.847. The summed E-state index contributed by atoms with van der Waals surface area (Å²) in [4.78, 5) is 20.9. The van der Waals surface area contributed by atoms with Crippen LogP contribution in [0.25, 0.3) is 0 Å². The summed E-state index contributed by atoms with van der Waals surface area (Å²) in [7, 11) is 0. The van der Waals surface area contributed by atoms with Crippen LogP contribution in [0.3, 0.4) is 0 Å². The summed E-state index contributed by atoms with van der Waals surface area (Å²) < 4.78 is 37.4. The van der Waals surface area contributed by atoms with Gasteiger partial charge in [0.25, 0.3) is 0 Å². The summed E-state index contributed by atoms with van der Waals surface area (Å²) in [6, 6.07) is -0.0255. The van der Waals surface area contributed by atoms with Crippen LogP contribution in [-0.4, -0.2) is 33.5 Å². The third-order valence-electron chi connectivity index (χ3n) is 4.96. The molecule has 1 aliphatic carbocycles. The van der Waals surface area contributed by atoms with Crippen molar-refractivity contribution < 1.29 is 18.0 Å². The molecule has 8 heteroatoms. The number of urea groups is 1. The largest absolute Gasteiger partial charge is 0.451 e. The van der Waals surface area contributed by atoms with Gasteiger partial charge in [0.15, 0.2) is 0 Å². The van der Waals surface area contributed by atoms with E-state index in [1.807, 2.05) is 4.90 Å². The maximum Gasteiger partial charge on any atom is 0.451 e. The van der Waals surface area contributed by atoms with Crippen molar-refractivity contribution in [3.05, 3.63) is 35.9 Å². The molecule has 1 aromatic rings. The monoisotopic (exact) mass is 354 g/mol. The molecular formula is C17H21F3N4O. The molecule has 0 bridgehead atoms. The Morgan fingerprint density at radius 3 is 2.44 bits per heavy atom. The summed E-state index contributed by atoms with van der Waals surface area (Å²) in [5, 5.41) is 2.76. The Morgan fingerprint density at radius 1 is 1.32 bits per heavy atom. The minimum atomic E-state index is -4.56. The second-order valence-corrected chi connectivity index (χ2v) is 7.13. The van der Waals surface area contributed by atoms with Crippen LogP contribution in [0.5, 0.6) is 0 Å². The van der Waals surface area contributed by atoms with E-state index in [-0.39, 0.29) is 24.0 Å². The molecule has 2 amide bonds. The van der Waals surface area contributed by atoms with Crippen molar-refractivity contribution in [3.8, 4) is 0 Å². The van der Waals surface area contributed by atoms with Crippen LogP contribution in [0.15, 0.2) is 24.5 Å². The van der Waals surface area contributed by atoms with E-state index in [4.69, 9.17) is 0 Å². The van der Waals surface area contributed by atoms with E-state index in [0.29, 0.717) is 18.0 Å². The fraction of sp³-hybridized carbons (Fsp3) is 0.588. The molecule has 1 spiro atoms. The van der Waals surface area contributed by atoms with Crippen LogP contribution in [0.4, 0.5) is 18.0 Å². The lowest BCUT2D eigenvalue weighted by Crippen LogP contribution is -2.68. The number of amides is 2. The van der Waals surface area contributed by atoms with Crippen LogP contribution in [0.2, 0.25) is 0 Å². The standard InChI is InChI=1S/C17H21F3N4O/c1-11(2)13-16(5-3-4-6-16)10-24(13)15(25)23-9-12-7-21-14(22-8-12)17(18,19)20/h3-4,7-8,11,13H,5-6,9-10H2,1-2H3,(H,23,25). The molecule has 2 aliphatic rings. The Labute approximate surface area is 144 Å². The number of hydrogen-bond acceptors (Lipinski definition) is 3. The molecule has 136 valence electrons. The second kappa shape index (κ2) is 6.31. The molecule has 2 heterocycles. The van der Waals surface area contributed by atoms with Crippen LogP contribution < -0.4 is 5.32 Å². The minimum Gasteiger partial charge on any atom is -0.334 e. The first-order valence-corrected chi connectivity index (χ1v) is 8.30. The summed E-state index contributed by atoms with van der Waals surface area (Å²) in [5.74, 6) is -0.838. The fourth-order valence-electron chi connectivity index (χ4n) is 3.98. The normalized spacial score (nSPS) is 21.7. The summed E-state index contributed by atoms with van der Waals surface area (Å²) in [5.41, 5.74) is 0.586. The number of hydrogen-bond donors (Lipinski definition) is 1. The van der Waals surface area contributed by atoms with Crippen molar-refractivity contribution in [1.29, 1.82) is 0 Å². The number of allylic oxidation sites excluding steroid dienone is 2. The summed E-state index contributed by atoms with van der Waals surface area (Å²) in [6.07, 6.45) is 3.95. The molecule has 0 saturated carbocycles. The van der Waals surface area contributed by atoms with Gasteiger partial charge in [-0.1, -0.05) is 26.0 Å². The highest BCUT2D eigenvalue weighted by Crippen LogP contribution is 2.50. The number of carbonyl (C=O) groups excluding carboxylic acids is 1. The molecule has 0 radical (unpaired) electrons. The number of rotatable bonds is 3. The van der Waals surface area contributed by atoms with Gasteiger partial charge in [0.05, 0.1) is 0 Å². The molecule has 1 unspecified atom stereocenters. The molecule has 1 N–H and O–H groups in total. The molecule has 3 rings (SSSR count). The zero-order valence-corrected chi connectivity index (χ0v) is 14.2. The first kappa shape index (κ1) is 17.7. The second-order valence-electron chi connectivity index (χ2n) is 7.13. The zero-order chi connectivity index (χ0) is 18.2.